The van der Waals surface area contributed by atoms with E-state index < -0.39 is 82.5 Å². The van der Waals surface area contributed by atoms with Crippen LogP contribution in [0.15, 0.2) is 12.1 Å². The van der Waals surface area contributed by atoms with Gasteiger partial charge in [-0.05, 0) is 17.5 Å². The number of anilines is 1. The van der Waals surface area contributed by atoms with Gasteiger partial charge in [-0.25, -0.2) is 0 Å². The van der Waals surface area contributed by atoms with Crippen molar-refractivity contribution in [3.63, 3.8) is 0 Å². The lowest BCUT2D eigenvalue weighted by Crippen LogP contribution is -2.72. The van der Waals surface area contributed by atoms with Crippen molar-refractivity contribution in [3.8, 4) is 5.75 Å². The van der Waals surface area contributed by atoms with Crippen molar-refractivity contribution in [2.24, 2.45) is 29.4 Å². The molecule has 2 amide bonds. The van der Waals surface area contributed by atoms with E-state index in [0.29, 0.717) is 5.56 Å². The maximum absolute atomic E-state index is 13.4. The van der Waals surface area contributed by atoms with Crippen molar-refractivity contribution in [1.82, 2.24) is 0 Å². The normalized spacial score (nSPS) is 36.1. The summed E-state index contributed by atoms with van der Waals surface area (Å²) < 4.78 is 0. The van der Waals surface area contributed by atoms with Crippen LogP contribution in [0.1, 0.15) is 35.2 Å². The number of fused-ring (bicyclic) bond motifs is 3. The maximum Gasteiger partial charge on any atom is 0.235 e. The van der Waals surface area contributed by atoms with E-state index in [2.05, 4.69) is 5.32 Å². The number of aliphatic hydroxyl groups excluding tert-OH is 1. The van der Waals surface area contributed by atoms with E-state index in [-0.39, 0.29) is 17.7 Å². The predicted octanol–water partition coefficient (Wildman–Crippen LogP) is -1.57. The van der Waals surface area contributed by atoms with Crippen molar-refractivity contribution in [1.29, 1.82) is 0 Å². The Hall–Kier alpha value is -3.44. The lowest BCUT2D eigenvalue weighted by Gasteiger charge is -2.52. The largest absolute Gasteiger partial charge is 0.505 e. The Morgan fingerprint density at radius 3 is 2.47 bits per heavy atom. The first-order valence-electron chi connectivity index (χ1n) is 9.89. The zero-order valence-corrected chi connectivity index (χ0v) is 16.8. The minimum absolute atomic E-state index is 0.0914. The van der Waals surface area contributed by atoms with Gasteiger partial charge in [0.2, 0.25) is 12.3 Å². The molecule has 0 saturated heterocycles. The van der Waals surface area contributed by atoms with Crippen LogP contribution < -0.4 is 11.1 Å². The molecule has 4 rings (SSSR count). The summed E-state index contributed by atoms with van der Waals surface area (Å²) in [6, 6.07) is 2.81. The van der Waals surface area contributed by atoms with Crippen LogP contribution in [0.2, 0.25) is 0 Å². The van der Waals surface area contributed by atoms with Crippen molar-refractivity contribution < 1.29 is 44.1 Å². The Morgan fingerprint density at radius 2 is 1.88 bits per heavy atom. The quantitative estimate of drug-likeness (QED) is 0.207. The number of aromatic hydroxyl groups is 1. The molecule has 0 heterocycles. The topological polar surface area (TPSA) is 201 Å². The molecule has 1 aromatic rings. The third kappa shape index (κ3) is 2.55. The van der Waals surface area contributed by atoms with Crippen molar-refractivity contribution >= 4 is 41.1 Å². The second kappa shape index (κ2) is 7.04. The number of rotatable bonds is 3. The van der Waals surface area contributed by atoms with Gasteiger partial charge in [-0.15, -0.1) is 0 Å². The van der Waals surface area contributed by atoms with Crippen LogP contribution in [0.3, 0.4) is 0 Å². The van der Waals surface area contributed by atoms with E-state index in [4.69, 9.17) is 5.73 Å². The van der Waals surface area contributed by atoms with Crippen LogP contribution >= 0.6 is 0 Å². The summed E-state index contributed by atoms with van der Waals surface area (Å²) in [6.45, 7) is 1.59. The summed E-state index contributed by atoms with van der Waals surface area (Å²) in [6.07, 6.45) is -1.98. The van der Waals surface area contributed by atoms with Gasteiger partial charge in [0, 0.05) is 18.3 Å². The van der Waals surface area contributed by atoms with Crippen molar-refractivity contribution in [3.05, 3.63) is 23.3 Å². The maximum atomic E-state index is 13.4. The molecule has 0 bridgehead atoms. The minimum Gasteiger partial charge on any atom is -0.505 e. The van der Waals surface area contributed by atoms with Gasteiger partial charge in [-0.2, -0.15) is 0 Å². The molecule has 2 unspecified atom stereocenters. The van der Waals surface area contributed by atoms with Crippen molar-refractivity contribution in [2.75, 3.05) is 5.32 Å². The third-order valence-corrected chi connectivity index (χ3v) is 7.07. The molecule has 0 aromatic heterocycles. The zero-order valence-electron chi connectivity index (χ0n) is 16.8. The lowest BCUT2D eigenvalue weighted by atomic mass is 9.50. The number of carbonyl (C=O) groups excluding carboxylic acids is 6. The number of phenols is 1. The van der Waals surface area contributed by atoms with Crippen LogP contribution in [-0.2, 0) is 24.0 Å². The summed E-state index contributed by atoms with van der Waals surface area (Å²) in [7, 11) is 0. The summed E-state index contributed by atoms with van der Waals surface area (Å²) in [5, 5.41) is 35.0. The number of Topliss-reactive ketones (excluding diaryl/α,β-unsaturated/α-hetero) is 4. The highest BCUT2D eigenvalue weighted by molar-refractivity contribution is 6.31. The fraction of sp³-hybridized carbons (Fsp3) is 0.429. The fourth-order valence-electron chi connectivity index (χ4n) is 5.53. The number of carbonyl (C=O) groups is 6. The van der Waals surface area contributed by atoms with Gasteiger partial charge in [-0.3, -0.25) is 28.8 Å². The van der Waals surface area contributed by atoms with Gasteiger partial charge < -0.3 is 26.4 Å². The molecule has 11 nitrogen and oxygen atoms in total. The van der Waals surface area contributed by atoms with E-state index in [0.717, 1.165) is 0 Å². The number of primary amides is 1. The molecule has 0 radical (unpaired) electrons. The van der Waals surface area contributed by atoms with Crippen LogP contribution in [0, 0.1) is 23.7 Å². The van der Waals surface area contributed by atoms with E-state index in [1.807, 2.05) is 0 Å². The molecule has 7 atom stereocenters. The molecule has 0 aliphatic heterocycles. The summed E-state index contributed by atoms with van der Waals surface area (Å²) in [5.74, 6) is -13.7. The Morgan fingerprint density at radius 1 is 1.22 bits per heavy atom. The molecule has 3 aliphatic rings. The van der Waals surface area contributed by atoms with Gasteiger partial charge in [0.25, 0.3) is 0 Å². The predicted molar refractivity (Wildman–Crippen MR) is 104 cm³/mol. The van der Waals surface area contributed by atoms with Crippen molar-refractivity contribution in [2.45, 2.75) is 31.0 Å². The summed E-state index contributed by atoms with van der Waals surface area (Å²) in [4.78, 5) is 74.4. The van der Waals surface area contributed by atoms with Crippen LogP contribution in [0.5, 0.6) is 5.75 Å². The number of nitrogens with two attached hydrogens (primary N) is 1. The Kier molecular flexibility index (Phi) is 4.79. The molecule has 6 N–H and O–H groups in total. The molecular weight excluding hydrogens is 424 g/mol. The molecule has 0 spiro atoms. The molecule has 2 saturated carbocycles. The van der Waals surface area contributed by atoms with Gasteiger partial charge in [0.05, 0.1) is 23.3 Å². The Balaban J connectivity index is 1.89. The molecule has 168 valence electrons. The monoisotopic (exact) mass is 444 g/mol. The Bertz CT molecular complexity index is 1110. The highest BCUT2D eigenvalue weighted by atomic mass is 16.3. The number of hydrogen-bond donors (Lipinski definition) is 5. The first kappa shape index (κ1) is 21.8. The van der Waals surface area contributed by atoms with Gasteiger partial charge >= 0.3 is 0 Å². The first-order chi connectivity index (χ1) is 15.0. The number of ketones is 4. The highest BCUT2D eigenvalue weighted by Crippen LogP contribution is 2.54. The number of nitrogens with one attached hydrogen (secondary N) is 1. The van der Waals surface area contributed by atoms with Crippen LogP contribution in [0.4, 0.5) is 5.69 Å². The van der Waals surface area contributed by atoms with E-state index in [9.17, 15) is 44.1 Å². The highest BCUT2D eigenvalue weighted by Gasteiger charge is 2.69. The average molecular weight is 444 g/mol. The molecule has 2 fully saturated rings. The zero-order chi connectivity index (χ0) is 23.7. The smallest absolute Gasteiger partial charge is 0.235 e. The van der Waals surface area contributed by atoms with Gasteiger partial charge in [-0.1, -0.05) is 13.0 Å². The number of aliphatic hydroxyl groups is 2. The molecular formula is C21H20N2O9. The van der Waals surface area contributed by atoms with Gasteiger partial charge in [0.15, 0.2) is 34.7 Å². The fourth-order valence-corrected chi connectivity index (χ4v) is 5.53. The van der Waals surface area contributed by atoms with E-state index >= 15 is 0 Å². The van der Waals surface area contributed by atoms with E-state index in [1.54, 1.807) is 6.92 Å². The standard InChI is InChI=1S/C21H20N2O9/c1-6-7-2-3-9(23-5-24)16(27)12(7)17(28)14-11(6)15(26)8-4-10(25)13(20(22)31)18(29)21(8,32)19(14)30/h2-3,5-6,8,11,13-15,26-27,32H,4H2,1H3,(H2,22,31)(H,23,24)/t6-,8+,11+,13?,14?,15+,21+/m0/s1. The Labute approximate surface area is 180 Å². The second-order valence-corrected chi connectivity index (χ2v) is 8.49. The summed E-state index contributed by atoms with van der Waals surface area (Å²) >= 11 is 0. The van der Waals surface area contributed by atoms with Gasteiger partial charge in [0.1, 0.15) is 5.75 Å². The van der Waals surface area contributed by atoms with Crippen LogP contribution in [-0.4, -0.2) is 62.5 Å². The molecule has 3 aliphatic carbocycles. The summed E-state index contributed by atoms with van der Waals surface area (Å²) in [5.41, 5.74) is 2.08. The number of benzene rings is 1. The minimum atomic E-state index is -2.96. The third-order valence-electron chi connectivity index (χ3n) is 7.07. The molecule has 11 heteroatoms. The van der Waals surface area contributed by atoms with E-state index in [1.165, 1.54) is 12.1 Å². The second-order valence-electron chi connectivity index (χ2n) is 8.49. The average Bonchev–Trinajstić information content (AvgIpc) is 2.72. The lowest BCUT2D eigenvalue weighted by molar-refractivity contribution is -0.189. The van der Waals surface area contributed by atoms with Crippen LogP contribution in [0.25, 0.3) is 0 Å². The number of hydrogen-bond acceptors (Lipinski definition) is 9. The SMILES string of the molecule is C[C@H]1c2ccc(NC=O)c(O)c2C(=O)C2C(=O)[C@]3(O)C(=O)C(C(N)=O)C(=O)C[C@@H]3[C@@H](O)[C@@H]21. The molecule has 32 heavy (non-hydrogen) atoms. The first-order valence-corrected chi connectivity index (χ1v) is 9.89. The number of phenolic OH excluding ortho intramolecular Hbond substituents is 1. The number of amides is 2. The molecule has 1 aromatic carbocycles.